The van der Waals surface area contributed by atoms with Gasteiger partial charge in [-0.3, -0.25) is 0 Å². The van der Waals surface area contributed by atoms with Gasteiger partial charge in [0.25, 0.3) is 0 Å². The quantitative estimate of drug-likeness (QED) is 0.801. The zero-order valence-corrected chi connectivity index (χ0v) is 13.3. The standard InChI is InChI=1S/C15H24ClN3O/c1-11(2)19(6-7-20-3)15-14(16)8-12(10-18-15)9-17-13-4-5-13/h8,10-11,13,17H,4-7,9H2,1-3H3. The number of methoxy groups -OCH3 is 1. The van der Waals surface area contributed by atoms with Crippen LogP contribution in [0.1, 0.15) is 32.3 Å². The summed E-state index contributed by atoms with van der Waals surface area (Å²) in [4.78, 5) is 6.72. The maximum atomic E-state index is 6.41. The van der Waals surface area contributed by atoms with E-state index in [1.54, 1.807) is 7.11 Å². The Bertz CT molecular complexity index is 435. The third-order valence-electron chi connectivity index (χ3n) is 3.48. The first-order valence-corrected chi connectivity index (χ1v) is 7.63. The fraction of sp³-hybridized carbons (Fsp3) is 0.667. The van der Waals surface area contributed by atoms with E-state index in [1.165, 1.54) is 12.8 Å². The second-order valence-electron chi connectivity index (χ2n) is 5.58. The van der Waals surface area contributed by atoms with Crippen molar-refractivity contribution in [3.8, 4) is 0 Å². The molecule has 0 saturated heterocycles. The Labute approximate surface area is 126 Å². The highest BCUT2D eigenvalue weighted by atomic mass is 35.5. The highest BCUT2D eigenvalue weighted by Crippen LogP contribution is 2.26. The van der Waals surface area contributed by atoms with Gasteiger partial charge in [-0.15, -0.1) is 0 Å². The van der Waals surface area contributed by atoms with Crippen molar-refractivity contribution in [3.63, 3.8) is 0 Å². The number of nitrogens with one attached hydrogen (secondary N) is 1. The molecule has 0 aliphatic heterocycles. The van der Waals surface area contributed by atoms with E-state index in [-0.39, 0.29) is 0 Å². The van der Waals surface area contributed by atoms with Gasteiger partial charge in [-0.05, 0) is 38.3 Å². The van der Waals surface area contributed by atoms with Crippen LogP contribution in [0.3, 0.4) is 0 Å². The van der Waals surface area contributed by atoms with Gasteiger partial charge >= 0.3 is 0 Å². The number of hydrogen-bond acceptors (Lipinski definition) is 4. The number of anilines is 1. The van der Waals surface area contributed by atoms with Crippen molar-refractivity contribution in [1.29, 1.82) is 0 Å². The Hall–Kier alpha value is -0.840. The summed E-state index contributed by atoms with van der Waals surface area (Å²) in [6.45, 7) is 6.58. The molecule has 0 amide bonds. The van der Waals surface area contributed by atoms with E-state index < -0.39 is 0 Å². The average molecular weight is 298 g/mol. The third-order valence-corrected chi connectivity index (χ3v) is 3.76. The van der Waals surface area contributed by atoms with Crippen LogP contribution in [0.5, 0.6) is 0 Å². The molecule has 1 saturated carbocycles. The van der Waals surface area contributed by atoms with E-state index in [1.807, 2.05) is 12.3 Å². The fourth-order valence-electron chi connectivity index (χ4n) is 2.13. The second kappa shape index (κ2) is 7.25. The molecule has 1 aromatic heterocycles. The molecule has 0 atom stereocenters. The number of pyridine rings is 1. The fourth-order valence-corrected chi connectivity index (χ4v) is 2.42. The number of aromatic nitrogens is 1. The van der Waals surface area contributed by atoms with Crippen molar-refractivity contribution >= 4 is 17.4 Å². The number of hydrogen-bond donors (Lipinski definition) is 1. The molecule has 20 heavy (non-hydrogen) atoms. The van der Waals surface area contributed by atoms with Crippen molar-refractivity contribution in [3.05, 3.63) is 22.8 Å². The maximum Gasteiger partial charge on any atom is 0.147 e. The van der Waals surface area contributed by atoms with Gasteiger partial charge in [0.05, 0.1) is 11.6 Å². The Morgan fingerprint density at radius 2 is 2.25 bits per heavy atom. The molecule has 1 aliphatic carbocycles. The van der Waals surface area contributed by atoms with Gasteiger partial charge in [0.15, 0.2) is 0 Å². The molecule has 1 heterocycles. The summed E-state index contributed by atoms with van der Waals surface area (Å²) in [5.41, 5.74) is 1.14. The monoisotopic (exact) mass is 297 g/mol. The first kappa shape index (κ1) is 15.5. The molecular weight excluding hydrogens is 274 g/mol. The summed E-state index contributed by atoms with van der Waals surface area (Å²) in [6, 6.07) is 3.05. The van der Waals surface area contributed by atoms with Crippen LogP contribution in [0.25, 0.3) is 0 Å². The summed E-state index contributed by atoms with van der Waals surface area (Å²) in [6.07, 6.45) is 4.49. The van der Waals surface area contributed by atoms with Crippen molar-refractivity contribution in [2.24, 2.45) is 0 Å². The lowest BCUT2D eigenvalue weighted by Crippen LogP contribution is -2.34. The van der Waals surface area contributed by atoms with E-state index in [4.69, 9.17) is 16.3 Å². The zero-order valence-electron chi connectivity index (χ0n) is 12.5. The molecule has 1 fully saturated rings. The molecule has 4 nitrogen and oxygen atoms in total. The predicted octanol–water partition coefficient (Wildman–Crippen LogP) is 2.85. The highest BCUT2D eigenvalue weighted by Gasteiger charge is 2.20. The molecule has 2 rings (SSSR count). The summed E-state index contributed by atoms with van der Waals surface area (Å²) in [5, 5.41) is 4.19. The van der Waals surface area contributed by atoms with Crippen LogP contribution in [0.4, 0.5) is 5.82 Å². The van der Waals surface area contributed by atoms with Gasteiger partial charge in [0.2, 0.25) is 0 Å². The van der Waals surface area contributed by atoms with Crippen LogP contribution < -0.4 is 10.2 Å². The molecule has 5 heteroatoms. The van der Waals surface area contributed by atoms with E-state index >= 15 is 0 Å². The lowest BCUT2D eigenvalue weighted by Gasteiger charge is -2.28. The molecule has 0 aromatic carbocycles. The first-order valence-electron chi connectivity index (χ1n) is 7.25. The van der Waals surface area contributed by atoms with Crippen LogP contribution in [0.15, 0.2) is 12.3 Å². The van der Waals surface area contributed by atoms with Crippen LogP contribution in [-0.4, -0.2) is 37.3 Å². The molecule has 0 unspecified atom stereocenters. The van der Waals surface area contributed by atoms with Crippen molar-refractivity contribution in [1.82, 2.24) is 10.3 Å². The second-order valence-corrected chi connectivity index (χ2v) is 5.99. The topological polar surface area (TPSA) is 37.4 Å². The molecule has 0 spiro atoms. The largest absolute Gasteiger partial charge is 0.383 e. The number of halogens is 1. The molecule has 1 aromatic rings. The molecule has 0 radical (unpaired) electrons. The number of ether oxygens (including phenoxy) is 1. The molecular formula is C15H24ClN3O. The first-order chi connectivity index (χ1) is 9.61. The van der Waals surface area contributed by atoms with E-state index in [9.17, 15) is 0 Å². The van der Waals surface area contributed by atoms with Gasteiger partial charge in [-0.25, -0.2) is 4.98 Å². The van der Waals surface area contributed by atoms with Gasteiger partial charge in [0, 0.05) is 38.5 Å². The van der Waals surface area contributed by atoms with Gasteiger partial charge in [-0.1, -0.05) is 11.6 Å². The van der Waals surface area contributed by atoms with Crippen molar-refractivity contribution in [2.45, 2.75) is 45.3 Å². The van der Waals surface area contributed by atoms with Gasteiger partial charge in [-0.2, -0.15) is 0 Å². The van der Waals surface area contributed by atoms with Crippen LogP contribution >= 0.6 is 11.6 Å². The average Bonchev–Trinajstić information content (AvgIpc) is 3.22. The minimum atomic E-state index is 0.339. The summed E-state index contributed by atoms with van der Waals surface area (Å²) in [7, 11) is 1.71. The Kier molecular flexibility index (Phi) is 5.64. The Balaban J connectivity index is 2.04. The Morgan fingerprint density at radius 3 is 2.80 bits per heavy atom. The van der Waals surface area contributed by atoms with Gasteiger partial charge in [0.1, 0.15) is 5.82 Å². The smallest absolute Gasteiger partial charge is 0.147 e. The maximum absolute atomic E-state index is 6.41. The Morgan fingerprint density at radius 1 is 1.50 bits per heavy atom. The van der Waals surface area contributed by atoms with Crippen molar-refractivity contribution in [2.75, 3.05) is 25.2 Å². The predicted molar refractivity (Wildman–Crippen MR) is 83.5 cm³/mol. The summed E-state index contributed by atoms with van der Waals surface area (Å²) < 4.78 is 5.16. The van der Waals surface area contributed by atoms with Crippen molar-refractivity contribution < 1.29 is 4.74 Å². The van der Waals surface area contributed by atoms with Crippen LogP contribution in [0, 0.1) is 0 Å². The molecule has 0 bridgehead atoms. The summed E-state index contributed by atoms with van der Waals surface area (Å²) >= 11 is 6.41. The number of nitrogens with zero attached hydrogens (tertiary/aromatic N) is 2. The molecule has 1 N–H and O–H groups in total. The normalized spacial score (nSPS) is 14.8. The van der Waals surface area contributed by atoms with Crippen LogP contribution in [0.2, 0.25) is 5.02 Å². The molecule has 1 aliphatic rings. The minimum absolute atomic E-state index is 0.339. The third kappa shape index (κ3) is 4.33. The van der Waals surface area contributed by atoms with E-state index in [0.29, 0.717) is 23.7 Å². The highest BCUT2D eigenvalue weighted by molar-refractivity contribution is 6.33. The lowest BCUT2D eigenvalue weighted by atomic mass is 10.2. The van der Waals surface area contributed by atoms with E-state index in [0.717, 1.165) is 24.5 Å². The summed E-state index contributed by atoms with van der Waals surface area (Å²) in [5.74, 6) is 0.842. The van der Waals surface area contributed by atoms with E-state index in [2.05, 4.69) is 29.0 Å². The zero-order chi connectivity index (χ0) is 14.5. The number of rotatable bonds is 8. The molecule has 112 valence electrons. The van der Waals surface area contributed by atoms with Gasteiger partial charge < -0.3 is 15.0 Å². The van der Waals surface area contributed by atoms with Crippen LogP contribution in [-0.2, 0) is 11.3 Å². The SMILES string of the molecule is COCCN(c1ncc(CNC2CC2)cc1Cl)C(C)C. The minimum Gasteiger partial charge on any atom is -0.383 e. The lowest BCUT2D eigenvalue weighted by molar-refractivity contribution is 0.203.